The van der Waals surface area contributed by atoms with Gasteiger partial charge in [-0.3, -0.25) is 4.79 Å². The maximum Gasteiger partial charge on any atom is 0.167 e. The predicted molar refractivity (Wildman–Crippen MR) is 73.6 cm³/mol. The lowest BCUT2D eigenvalue weighted by molar-refractivity contribution is 0.0992. The van der Waals surface area contributed by atoms with Crippen molar-refractivity contribution in [2.24, 2.45) is 0 Å². The average Bonchev–Trinajstić information content (AvgIpc) is 2.35. The Morgan fingerprint density at radius 2 is 1.67 bits per heavy atom. The van der Waals surface area contributed by atoms with Gasteiger partial charge in [0.25, 0.3) is 0 Å². The van der Waals surface area contributed by atoms with Gasteiger partial charge in [-0.2, -0.15) is 0 Å². The van der Waals surface area contributed by atoms with Gasteiger partial charge in [-0.1, -0.05) is 12.1 Å². The van der Waals surface area contributed by atoms with Crippen molar-refractivity contribution in [3.63, 3.8) is 0 Å². The average molecular weight is 358 g/mol. The summed E-state index contributed by atoms with van der Waals surface area (Å²) in [7, 11) is 0. The number of rotatable bonds is 3. The standard InChI is InChI=1S/C14H9F2IO/c15-12-6-3-10(8-13(12)16)14(18)7-9-1-4-11(17)5-2-9/h1-6,8H,7H2. The van der Waals surface area contributed by atoms with E-state index >= 15 is 0 Å². The number of ketones is 1. The minimum Gasteiger partial charge on any atom is -0.294 e. The highest BCUT2D eigenvalue weighted by molar-refractivity contribution is 14.1. The molecule has 0 radical (unpaired) electrons. The zero-order valence-corrected chi connectivity index (χ0v) is 11.4. The first-order valence-corrected chi connectivity index (χ1v) is 6.37. The predicted octanol–water partition coefficient (Wildman–Crippen LogP) is 3.99. The largest absolute Gasteiger partial charge is 0.294 e. The number of hydrogen-bond acceptors (Lipinski definition) is 1. The molecule has 0 aromatic heterocycles. The summed E-state index contributed by atoms with van der Waals surface area (Å²) in [6, 6.07) is 10.7. The molecule has 0 aliphatic carbocycles. The molecule has 1 nitrogen and oxygen atoms in total. The van der Waals surface area contributed by atoms with Crippen LogP contribution in [0.15, 0.2) is 42.5 Å². The molecule has 0 unspecified atom stereocenters. The van der Waals surface area contributed by atoms with E-state index in [1.54, 1.807) is 0 Å². The van der Waals surface area contributed by atoms with Gasteiger partial charge < -0.3 is 0 Å². The Morgan fingerprint density at radius 1 is 1.00 bits per heavy atom. The summed E-state index contributed by atoms with van der Waals surface area (Å²) < 4.78 is 26.8. The molecule has 0 atom stereocenters. The number of carbonyl (C=O) groups excluding carboxylic acids is 1. The van der Waals surface area contributed by atoms with Crippen molar-refractivity contribution in [2.45, 2.75) is 6.42 Å². The number of benzene rings is 2. The minimum absolute atomic E-state index is 0.183. The second-order valence-electron chi connectivity index (χ2n) is 3.86. The van der Waals surface area contributed by atoms with Crippen LogP contribution in [0, 0.1) is 15.2 Å². The minimum atomic E-state index is -0.997. The highest BCUT2D eigenvalue weighted by atomic mass is 127. The van der Waals surface area contributed by atoms with Crippen LogP contribution in [0.4, 0.5) is 8.78 Å². The molecule has 0 aliphatic heterocycles. The summed E-state index contributed by atoms with van der Waals surface area (Å²) in [5.74, 6) is -2.17. The Morgan fingerprint density at radius 3 is 2.28 bits per heavy atom. The Balaban J connectivity index is 2.16. The maximum absolute atomic E-state index is 13.0. The van der Waals surface area contributed by atoms with Crippen molar-refractivity contribution < 1.29 is 13.6 Å². The first-order valence-electron chi connectivity index (χ1n) is 5.29. The molecule has 2 rings (SSSR count). The summed E-state index contributed by atoms with van der Waals surface area (Å²) in [5, 5.41) is 0. The van der Waals surface area contributed by atoms with Crippen molar-refractivity contribution in [1.29, 1.82) is 0 Å². The van der Waals surface area contributed by atoms with Crippen LogP contribution in [0.5, 0.6) is 0 Å². The summed E-state index contributed by atoms with van der Waals surface area (Å²) in [5.41, 5.74) is 1.04. The van der Waals surface area contributed by atoms with E-state index in [0.717, 1.165) is 21.3 Å². The van der Waals surface area contributed by atoms with Gasteiger partial charge in [0.05, 0.1) is 0 Å². The van der Waals surface area contributed by atoms with Crippen molar-refractivity contribution in [3.05, 3.63) is 68.8 Å². The molecule has 0 saturated heterocycles. The third kappa shape index (κ3) is 3.13. The van der Waals surface area contributed by atoms with E-state index < -0.39 is 11.6 Å². The SMILES string of the molecule is O=C(Cc1ccc(I)cc1)c1ccc(F)c(F)c1. The summed E-state index contributed by atoms with van der Waals surface area (Å²) in [4.78, 5) is 11.9. The lowest BCUT2D eigenvalue weighted by atomic mass is 10.0. The number of hydrogen-bond donors (Lipinski definition) is 0. The van der Waals surface area contributed by atoms with E-state index in [1.807, 2.05) is 24.3 Å². The fourth-order valence-electron chi connectivity index (χ4n) is 1.56. The van der Waals surface area contributed by atoms with Gasteiger partial charge in [-0.05, 0) is 58.5 Å². The topological polar surface area (TPSA) is 17.1 Å². The second-order valence-corrected chi connectivity index (χ2v) is 5.10. The maximum atomic E-state index is 13.0. The quantitative estimate of drug-likeness (QED) is 0.599. The lowest BCUT2D eigenvalue weighted by Crippen LogP contribution is -2.04. The molecule has 18 heavy (non-hydrogen) atoms. The highest BCUT2D eigenvalue weighted by Crippen LogP contribution is 2.13. The van der Waals surface area contributed by atoms with E-state index in [-0.39, 0.29) is 17.8 Å². The number of Topliss-reactive ketones (excluding diaryl/α,β-unsaturated/α-hetero) is 1. The Kier molecular flexibility index (Phi) is 4.06. The Bertz CT molecular complexity index is 579. The monoisotopic (exact) mass is 358 g/mol. The summed E-state index contributed by atoms with van der Waals surface area (Å²) in [6.07, 6.45) is 0.183. The first kappa shape index (κ1) is 13.1. The molecule has 0 N–H and O–H groups in total. The van der Waals surface area contributed by atoms with Crippen LogP contribution in [-0.2, 0) is 6.42 Å². The molecule has 2 aromatic carbocycles. The molecule has 0 bridgehead atoms. The van der Waals surface area contributed by atoms with Crippen LogP contribution in [0.1, 0.15) is 15.9 Å². The van der Waals surface area contributed by atoms with Crippen LogP contribution in [-0.4, -0.2) is 5.78 Å². The van der Waals surface area contributed by atoms with Crippen molar-refractivity contribution in [1.82, 2.24) is 0 Å². The Hall–Kier alpha value is -1.30. The van der Waals surface area contributed by atoms with Crippen LogP contribution in [0.3, 0.4) is 0 Å². The van der Waals surface area contributed by atoms with Crippen LogP contribution >= 0.6 is 22.6 Å². The van der Waals surface area contributed by atoms with Gasteiger partial charge >= 0.3 is 0 Å². The summed E-state index contributed by atoms with van der Waals surface area (Å²) in [6.45, 7) is 0. The van der Waals surface area contributed by atoms with Gasteiger partial charge in [0.15, 0.2) is 17.4 Å². The van der Waals surface area contributed by atoms with Gasteiger partial charge in [0, 0.05) is 15.6 Å². The molecule has 0 spiro atoms. The van der Waals surface area contributed by atoms with E-state index in [0.29, 0.717) is 0 Å². The fraction of sp³-hybridized carbons (Fsp3) is 0.0714. The molecule has 0 saturated carbocycles. The smallest absolute Gasteiger partial charge is 0.167 e. The van der Waals surface area contributed by atoms with Crippen molar-refractivity contribution in [2.75, 3.05) is 0 Å². The molecular formula is C14H9F2IO. The number of carbonyl (C=O) groups is 1. The molecule has 2 aromatic rings. The van der Waals surface area contributed by atoms with E-state index in [9.17, 15) is 13.6 Å². The highest BCUT2D eigenvalue weighted by Gasteiger charge is 2.10. The van der Waals surface area contributed by atoms with Gasteiger partial charge in [-0.25, -0.2) is 8.78 Å². The Labute approximate surface area is 117 Å². The van der Waals surface area contributed by atoms with Gasteiger partial charge in [-0.15, -0.1) is 0 Å². The molecule has 92 valence electrons. The van der Waals surface area contributed by atoms with Crippen molar-refractivity contribution >= 4 is 28.4 Å². The van der Waals surface area contributed by atoms with Crippen molar-refractivity contribution in [3.8, 4) is 0 Å². The van der Waals surface area contributed by atoms with E-state index in [4.69, 9.17) is 0 Å². The first-order chi connectivity index (χ1) is 8.56. The third-order valence-electron chi connectivity index (χ3n) is 2.52. The number of halogens is 3. The second kappa shape index (κ2) is 5.56. The van der Waals surface area contributed by atoms with Crippen LogP contribution in [0.2, 0.25) is 0 Å². The van der Waals surface area contributed by atoms with E-state index in [1.165, 1.54) is 6.07 Å². The van der Waals surface area contributed by atoms with Crippen LogP contribution in [0.25, 0.3) is 0 Å². The third-order valence-corrected chi connectivity index (χ3v) is 3.24. The van der Waals surface area contributed by atoms with Gasteiger partial charge in [0.2, 0.25) is 0 Å². The molecule has 0 amide bonds. The molecule has 4 heteroatoms. The molecule has 0 aliphatic rings. The zero-order chi connectivity index (χ0) is 13.1. The van der Waals surface area contributed by atoms with Gasteiger partial charge in [0.1, 0.15) is 0 Å². The zero-order valence-electron chi connectivity index (χ0n) is 9.29. The lowest BCUT2D eigenvalue weighted by Gasteiger charge is -2.02. The normalized spacial score (nSPS) is 10.4. The fourth-order valence-corrected chi connectivity index (χ4v) is 1.92. The molecule has 0 heterocycles. The van der Waals surface area contributed by atoms with Crippen LogP contribution < -0.4 is 0 Å². The summed E-state index contributed by atoms with van der Waals surface area (Å²) >= 11 is 2.17. The molecule has 0 fully saturated rings. The molecular weight excluding hydrogens is 349 g/mol. The van der Waals surface area contributed by atoms with E-state index in [2.05, 4.69) is 22.6 Å².